The number of aromatic nitrogens is 2. The van der Waals surface area contributed by atoms with Gasteiger partial charge in [0.05, 0.1) is 5.56 Å². The van der Waals surface area contributed by atoms with Crippen LogP contribution in [0.15, 0.2) is 69.8 Å². The number of hydrogen-bond acceptors (Lipinski definition) is 5. The quantitative estimate of drug-likeness (QED) is 0.409. The summed E-state index contributed by atoms with van der Waals surface area (Å²) >= 11 is 8.65. The maximum Gasteiger partial charge on any atom is 0.257 e. The number of carbonyl (C=O) groups excluding carboxylic acids is 1. The van der Waals surface area contributed by atoms with E-state index in [-0.39, 0.29) is 11.0 Å². The number of anilines is 1. The van der Waals surface area contributed by atoms with E-state index in [1.807, 2.05) is 25.1 Å². The Balaban J connectivity index is 1.48. The fourth-order valence-corrected chi connectivity index (χ4v) is 3.28. The predicted molar refractivity (Wildman–Crippen MR) is 120 cm³/mol. The molecule has 0 spiro atoms. The van der Waals surface area contributed by atoms with E-state index in [9.17, 15) is 4.79 Å². The number of oxazole rings is 1. The van der Waals surface area contributed by atoms with Gasteiger partial charge in [-0.05, 0) is 71.5 Å². The van der Waals surface area contributed by atoms with Crippen LogP contribution in [-0.2, 0) is 0 Å². The van der Waals surface area contributed by atoms with E-state index in [1.54, 1.807) is 42.7 Å². The molecule has 2 N–H and O–H groups in total. The molecule has 0 saturated carbocycles. The van der Waals surface area contributed by atoms with E-state index in [0.717, 1.165) is 15.6 Å². The van der Waals surface area contributed by atoms with Crippen molar-refractivity contribution < 1.29 is 9.21 Å². The summed E-state index contributed by atoms with van der Waals surface area (Å²) in [7, 11) is 0. The number of fused-ring (bicyclic) bond motifs is 1. The van der Waals surface area contributed by atoms with Crippen molar-refractivity contribution in [3.8, 4) is 11.5 Å². The molecule has 1 amide bonds. The second-order valence-corrected chi connectivity index (χ2v) is 7.69. The zero-order valence-corrected chi connectivity index (χ0v) is 17.7. The minimum Gasteiger partial charge on any atom is -0.436 e. The summed E-state index contributed by atoms with van der Waals surface area (Å²) in [4.78, 5) is 20.9. The molecule has 2 heterocycles. The summed E-state index contributed by atoms with van der Waals surface area (Å²) < 4.78 is 6.64. The number of carbonyl (C=O) groups is 1. The number of nitrogens with one attached hydrogen (secondary N) is 2. The Kier molecular flexibility index (Phi) is 5.37. The number of amides is 1. The lowest BCUT2D eigenvalue weighted by Gasteiger charge is -2.09. The van der Waals surface area contributed by atoms with Crippen molar-refractivity contribution in [1.82, 2.24) is 15.3 Å². The van der Waals surface area contributed by atoms with E-state index in [0.29, 0.717) is 28.2 Å². The Morgan fingerprint density at radius 3 is 2.66 bits per heavy atom. The van der Waals surface area contributed by atoms with Crippen LogP contribution in [0.3, 0.4) is 0 Å². The van der Waals surface area contributed by atoms with Crippen LogP contribution in [0.1, 0.15) is 15.9 Å². The van der Waals surface area contributed by atoms with E-state index in [2.05, 4.69) is 36.5 Å². The van der Waals surface area contributed by atoms with Crippen molar-refractivity contribution in [3.63, 3.8) is 0 Å². The second kappa shape index (κ2) is 8.10. The number of hydrogen-bond donors (Lipinski definition) is 2. The average molecular weight is 467 g/mol. The first-order valence-electron chi connectivity index (χ1n) is 8.68. The van der Waals surface area contributed by atoms with Gasteiger partial charge in [-0.25, -0.2) is 4.98 Å². The van der Waals surface area contributed by atoms with Crippen molar-refractivity contribution in [2.24, 2.45) is 0 Å². The highest BCUT2D eigenvalue weighted by molar-refractivity contribution is 9.10. The zero-order valence-electron chi connectivity index (χ0n) is 15.3. The second-order valence-electron chi connectivity index (χ2n) is 6.37. The Morgan fingerprint density at radius 2 is 1.90 bits per heavy atom. The number of nitrogens with zero attached hydrogens (tertiary/aromatic N) is 2. The van der Waals surface area contributed by atoms with Gasteiger partial charge in [0.25, 0.3) is 5.91 Å². The molecule has 4 aromatic rings. The van der Waals surface area contributed by atoms with Gasteiger partial charge in [-0.15, -0.1) is 0 Å². The largest absolute Gasteiger partial charge is 0.436 e. The minimum atomic E-state index is -0.269. The number of pyridine rings is 1. The Labute approximate surface area is 180 Å². The van der Waals surface area contributed by atoms with E-state index in [1.165, 1.54) is 0 Å². The van der Waals surface area contributed by atoms with E-state index < -0.39 is 0 Å². The topological polar surface area (TPSA) is 80.0 Å². The molecular formula is C21H15BrN4O2S. The molecule has 29 heavy (non-hydrogen) atoms. The van der Waals surface area contributed by atoms with Crippen LogP contribution in [0.4, 0.5) is 5.69 Å². The number of aryl methyl sites for hydroxylation is 1. The summed E-state index contributed by atoms with van der Waals surface area (Å²) in [6, 6.07) is 14.6. The minimum absolute atomic E-state index is 0.204. The normalized spacial score (nSPS) is 10.7. The predicted octanol–water partition coefficient (Wildman–Crippen LogP) is 5.09. The van der Waals surface area contributed by atoms with Gasteiger partial charge < -0.3 is 9.73 Å². The Bertz CT molecular complexity index is 1220. The molecule has 0 aliphatic carbocycles. The Morgan fingerprint density at radius 1 is 1.10 bits per heavy atom. The van der Waals surface area contributed by atoms with Crippen molar-refractivity contribution in [1.29, 1.82) is 0 Å². The molecule has 0 aliphatic rings. The van der Waals surface area contributed by atoms with Crippen LogP contribution in [-0.4, -0.2) is 21.0 Å². The van der Waals surface area contributed by atoms with Crippen molar-refractivity contribution in [2.45, 2.75) is 6.92 Å². The molecule has 0 atom stereocenters. The molecule has 0 unspecified atom stereocenters. The lowest BCUT2D eigenvalue weighted by atomic mass is 10.1. The monoisotopic (exact) mass is 466 g/mol. The fourth-order valence-electron chi connectivity index (χ4n) is 2.70. The van der Waals surface area contributed by atoms with Crippen molar-refractivity contribution >= 4 is 56.0 Å². The van der Waals surface area contributed by atoms with Gasteiger partial charge in [0.2, 0.25) is 5.89 Å². The standard InChI is InChI=1S/C21H15BrN4O2S/c1-12-2-4-13(5-3-12)19(27)26-21(29)24-16-6-7-18-17(9-16)25-20(28-18)14-8-15(22)11-23-10-14/h2-11H,1H3,(H2,24,26,27,29). The number of thiocarbonyl (C=S) groups is 1. The first-order chi connectivity index (χ1) is 14.0. The van der Waals surface area contributed by atoms with Crippen LogP contribution in [0.25, 0.3) is 22.6 Å². The molecule has 0 fully saturated rings. The van der Waals surface area contributed by atoms with Crippen LogP contribution >= 0.6 is 28.1 Å². The van der Waals surface area contributed by atoms with Crippen molar-refractivity contribution in [2.75, 3.05) is 5.32 Å². The molecule has 2 aromatic carbocycles. The highest BCUT2D eigenvalue weighted by atomic mass is 79.9. The lowest BCUT2D eigenvalue weighted by Crippen LogP contribution is -2.34. The summed E-state index contributed by atoms with van der Waals surface area (Å²) in [5, 5.41) is 5.88. The van der Waals surface area contributed by atoms with Gasteiger partial charge in [-0.2, -0.15) is 0 Å². The van der Waals surface area contributed by atoms with Crippen LogP contribution in [0.5, 0.6) is 0 Å². The summed E-state index contributed by atoms with van der Waals surface area (Å²) in [5.74, 6) is 0.204. The third-order valence-corrected chi connectivity index (χ3v) is 4.78. The smallest absolute Gasteiger partial charge is 0.257 e. The van der Waals surface area contributed by atoms with Gasteiger partial charge in [0.1, 0.15) is 5.52 Å². The molecule has 4 rings (SSSR count). The first kappa shape index (κ1) is 19.2. The van der Waals surface area contributed by atoms with Crippen LogP contribution in [0, 0.1) is 6.92 Å². The van der Waals surface area contributed by atoms with Crippen molar-refractivity contribution in [3.05, 3.63) is 76.5 Å². The fraction of sp³-hybridized carbons (Fsp3) is 0.0476. The number of halogens is 1. The Hall–Kier alpha value is -3.10. The molecule has 6 nitrogen and oxygen atoms in total. The lowest BCUT2D eigenvalue weighted by molar-refractivity contribution is 0.0977. The molecule has 0 aliphatic heterocycles. The first-order valence-corrected chi connectivity index (χ1v) is 9.88. The highest BCUT2D eigenvalue weighted by Crippen LogP contribution is 2.27. The summed E-state index contributed by atoms with van der Waals surface area (Å²) in [6.07, 6.45) is 3.38. The SMILES string of the molecule is Cc1ccc(C(=O)NC(=S)Nc2ccc3oc(-c4cncc(Br)c4)nc3c2)cc1. The number of benzene rings is 2. The third-order valence-electron chi connectivity index (χ3n) is 4.14. The number of rotatable bonds is 3. The van der Waals surface area contributed by atoms with Gasteiger partial charge in [0, 0.05) is 28.1 Å². The maximum atomic E-state index is 12.3. The third kappa shape index (κ3) is 4.49. The van der Waals surface area contributed by atoms with E-state index in [4.69, 9.17) is 16.6 Å². The molecule has 2 aromatic heterocycles. The van der Waals surface area contributed by atoms with Crippen LogP contribution < -0.4 is 10.6 Å². The molecular weight excluding hydrogens is 452 g/mol. The summed E-state index contributed by atoms with van der Waals surface area (Å²) in [5.41, 5.74) is 4.39. The van der Waals surface area contributed by atoms with Gasteiger partial charge in [0.15, 0.2) is 10.7 Å². The van der Waals surface area contributed by atoms with E-state index >= 15 is 0 Å². The maximum absolute atomic E-state index is 12.3. The van der Waals surface area contributed by atoms with Gasteiger partial charge >= 0.3 is 0 Å². The molecule has 0 radical (unpaired) electrons. The van der Waals surface area contributed by atoms with Gasteiger partial charge in [-0.3, -0.25) is 15.1 Å². The van der Waals surface area contributed by atoms with Crippen LogP contribution in [0.2, 0.25) is 0 Å². The molecule has 0 saturated heterocycles. The molecule has 0 bridgehead atoms. The average Bonchev–Trinajstić information content (AvgIpc) is 3.12. The molecule has 144 valence electrons. The zero-order chi connectivity index (χ0) is 20.4. The highest BCUT2D eigenvalue weighted by Gasteiger charge is 2.11. The van der Waals surface area contributed by atoms with Gasteiger partial charge in [-0.1, -0.05) is 17.7 Å². The summed E-state index contributed by atoms with van der Waals surface area (Å²) in [6.45, 7) is 1.96. The molecule has 8 heteroatoms.